The van der Waals surface area contributed by atoms with Gasteiger partial charge in [-0.25, -0.2) is 0 Å². The van der Waals surface area contributed by atoms with Crippen LogP contribution in [0.2, 0.25) is 0 Å². The van der Waals surface area contributed by atoms with E-state index >= 15 is 0 Å². The molecule has 1 aromatic rings. The number of likely N-dealkylation sites (N-methyl/N-ethyl adjacent to an activating group) is 1. The van der Waals surface area contributed by atoms with E-state index in [4.69, 9.17) is 5.73 Å². The molecule has 2 N–H and O–H groups in total. The maximum absolute atomic E-state index is 5.80. The van der Waals surface area contributed by atoms with Crippen LogP contribution in [0.5, 0.6) is 0 Å². The Labute approximate surface area is 122 Å². The van der Waals surface area contributed by atoms with Gasteiger partial charge in [0.2, 0.25) is 0 Å². The first-order valence-electron chi connectivity index (χ1n) is 7.90. The molecular formula is C17H27N3. The Morgan fingerprint density at radius 3 is 2.60 bits per heavy atom. The van der Waals surface area contributed by atoms with Gasteiger partial charge in [0, 0.05) is 32.2 Å². The molecule has 1 aliphatic carbocycles. The second kappa shape index (κ2) is 5.84. The molecule has 1 saturated heterocycles. The highest BCUT2D eigenvalue weighted by molar-refractivity contribution is 5.20. The van der Waals surface area contributed by atoms with E-state index in [2.05, 4.69) is 47.2 Å². The summed E-state index contributed by atoms with van der Waals surface area (Å²) in [4.78, 5) is 5.16. The zero-order valence-corrected chi connectivity index (χ0v) is 12.6. The van der Waals surface area contributed by atoms with E-state index in [1.165, 1.54) is 44.5 Å². The van der Waals surface area contributed by atoms with Crippen molar-refractivity contribution in [3.8, 4) is 0 Å². The highest BCUT2D eigenvalue weighted by atomic mass is 15.3. The fourth-order valence-electron chi connectivity index (χ4n) is 3.54. The fourth-order valence-corrected chi connectivity index (χ4v) is 3.54. The first-order chi connectivity index (χ1) is 9.72. The Morgan fingerprint density at radius 2 is 1.95 bits per heavy atom. The number of benzene rings is 1. The summed E-state index contributed by atoms with van der Waals surface area (Å²) in [7, 11) is 2.24. The molecule has 0 spiro atoms. The van der Waals surface area contributed by atoms with E-state index in [0.717, 1.165) is 13.1 Å². The minimum atomic E-state index is 0.539. The molecule has 1 atom stereocenters. The molecular weight excluding hydrogens is 246 g/mol. The average molecular weight is 273 g/mol. The van der Waals surface area contributed by atoms with Crippen molar-refractivity contribution in [2.45, 2.75) is 25.3 Å². The molecule has 3 nitrogen and oxygen atoms in total. The number of piperazine rings is 1. The molecule has 20 heavy (non-hydrogen) atoms. The van der Waals surface area contributed by atoms with Gasteiger partial charge in [0.15, 0.2) is 0 Å². The molecule has 1 saturated carbocycles. The minimum absolute atomic E-state index is 0.539. The minimum Gasteiger partial charge on any atom is -0.330 e. The zero-order chi connectivity index (χ0) is 14.0. The molecule has 1 unspecified atom stereocenters. The Hall–Kier alpha value is -0.900. The lowest BCUT2D eigenvalue weighted by Crippen LogP contribution is -2.48. The Balaban J connectivity index is 1.74. The van der Waals surface area contributed by atoms with Gasteiger partial charge in [-0.1, -0.05) is 30.3 Å². The summed E-state index contributed by atoms with van der Waals surface area (Å²) >= 11 is 0. The summed E-state index contributed by atoms with van der Waals surface area (Å²) in [5, 5.41) is 0. The molecule has 0 radical (unpaired) electrons. The third-order valence-corrected chi connectivity index (χ3v) is 5.05. The lowest BCUT2D eigenvalue weighted by atomic mass is 9.97. The zero-order valence-electron chi connectivity index (χ0n) is 12.6. The molecule has 2 aliphatic rings. The Bertz CT molecular complexity index is 427. The van der Waals surface area contributed by atoms with Gasteiger partial charge in [-0.3, -0.25) is 4.90 Å². The van der Waals surface area contributed by atoms with Crippen LogP contribution in [0, 0.1) is 5.41 Å². The van der Waals surface area contributed by atoms with Crippen LogP contribution in [0.25, 0.3) is 0 Å². The third kappa shape index (κ3) is 3.05. The molecule has 3 heteroatoms. The van der Waals surface area contributed by atoms with Crippen molar-refractivity contribution in [3.63, 3.8) is 0 Å². The summed E-state index contributed by atoms with van der Waals surface area (Å²) in [6, 6.07) is 11.5. The quantitative estimate of drug-likeness (QED) is 0.892. The van der Waals surface area contributed by atoms with Gasteiger partial charge in [-0.15, -0.1) is 0 Å². The van der Waals surface area contributed by atoms with Crippen molar-refractivity contribution in [3.05, 3.63) is 35.9 Å². The smallest absolute Gasteiger partial charge is 0.0475 e. The lowest BCUT2D eigenvalue weighted by molar-refractivity contribution is 0.0692. The highest BCUT2D eigenvalue weighted by Crippen LogP contribution is 2.50. The average Bonchev–Trinajstić information content (AvgIpc) is 3.22. The maximum atomic E-state index is 5.80. The number of hydrogen-bond donors (Lipinski definition) is 1. The summed E-state index contributed by atoms with van der Waals surface area (Å²) < 4.78 is 0. The van der Waals surface area contributed by atoms with E-state index in [0.29, 0.717) is 11.5 Å². The van der Waals surface area contributed by atoms with Gasteiger partial charge >= 0.3 is 0 Å². The number of hydrogen-bond acceptors (Lipinski definition) is 3. The van der Waals surface area contributed by atoms with E-state index in [1.54, 1.807) is 0 Å². The largest absolute Gasteiger partial charge is 0.330 e. The third-order valence-electron chi connectivity index (χ3n) is 5.05. The monoisotopic (exact) mass is 273 g/mol. The first kappa shape index (κ1) is 14.1. The highest BCUT2D eigenvalue weighted by Gasteiger charge is 2.44. The van der Waals surface area contributed by atoms with Gasteiger partial charge < -0.3 is 10.6 Å². The van der Waals surface area contributed by atoms with E-state index < -0.39 is 0 Å². The second-order valence-corrected chi connectivity index (χ2v) is 6.70. The van der Waals surface area contributed by atoms with Crippen molar-refractivity contribution in [1.29, 1.82) is 0 Å². The number of nitrogens with zero attached hydrogens (tertiary/aromatic N) is 2. The topological polar surface area (TPSA) is 32.5 Å². The normalized spacial score (nSPS) is 26.6. The van der Waals surface area contributed by atoms with Crippen LogP contribution in [0.15, 0.2) is 30.3 Å². The predicted molar refractivity (Wildman–Crippen MR) is 83.6 cm³/mol. The lowest BCUT2D eigenvalue weighted by Gasteiger charge is -2.42. The molecule has 0 amide bonds. The fraction of sp³-hybridized carbons (Fsp3) is 0.647. The van der Waals surface area contributed by atoms with Gasteiger partial charge in [0.05, 0.1) is 0 Å². The van der Waals surface area contributed by atoms with Crippen LogP contribution < -0.4 is 5.73 Å². The van der Waals surface area contributed by atoms with Crippen LogP contribution in [0.3, 0.4) is 0 Å². The van der Waals surface area contributed by atoms with E-state index in [-0.39, 0.29) is 0 Å². The molecule has 2 fully saturated rings. The molecule has 110 valence electrons. The van der Waals surface area contributed by atoms with Crippen LogP contribution in [-0.4, -0.2) is 49.6 Å². The van der Waals surface area contributed by atoms with E-state index in [9.17, 15) is 0 Å². The maximum Gasteiger partial charge on any atom is 0.0475 e. The van der Waals surface area contributed by atoms with Gasteiger partial charge in [-0.05, 0) is 43.8 Å². The molecule has 0 bridgehead atoms. The summed E-state index contributed by atoms with van der Waals surface area (Å²) in [5.41, 5.74) is 7.80. The van der Waals surface area contributed by atoms with Crippen LogP contribution in [-0.2, 0) is 0 Å². The standard InChI is InChI=1S/C17H27N3/c1-19-11-12-20(14-17(7-8-17)9-10-18)16(13-19)15-5-3-2-4-6-15/h2-6,16H,7-14,18H2,1H3. The van der Waals surface area contributed by atoms with Crippen molar-refractivity contribution in [1.82, 2.24) is 9.80 Å². The van der Waals surface area contributed by atoms with Crippen molar-refractivity contribution in [2.75, 3.05) is 39.8 Å². The SMILES string of the molecule is CN1CCN(CC2(CCN)CC2)C(c2ccccc2)C1. The molecule has 3 rings (SSSR count). The van der Waals surface area contributed by atoms with Crippen molar-refractivity contribution in [2.24, 2.45) is 11.1 Å². The predicted octanol–water partition coefficient (Wildman–Crippen LogP) is 2.10. The second-order valence-electron chi connectivity index (χ2n) is 6.70. The summed E-state index contributed by atoms with van der Waals surface area (Å²) in [6.45, 7) is 5.58. The summed E-state index contributed by atoms with van der Waals surface area (Å²) in [5.74, 6) is 0. The number of rotatable bonds is 5. The Morgan fingerprint density at radius 1 is 1.20 bits per heavy atom. The van der Waals surface area contributed by atoms with Crippen LogP contribution in [0.1, 0.15) is 30.9 Å². The molecule has 0 aromatic heterocycles. The van der Waals surface area contributed by atoms with Crippen LogP contribution in [0.4, 0.5) is 0 Å². The molecule has 1 heterocycles. The Kier molecular flexibility index (Phi) is 4.11. The summed E-state index contributed by atoms with van der Waals surface area (Å²) in [6.07, 6.45) is 3.94. The van der Waals surface area contributed by atoms with Gasteiger partial charge in [-0.2, -0.15) is 0 Å². The van der Waals surface area contributed by atoms with Gasteiger partial charge in [0.25, 0.3) is 0 Å². The van der Waals surface area contributed by atoms with E-state index in [1.807, 2.05) is 0 Å². The van der Waals surface area contributed by atoms with Crippen molar-refractivity contribution >= 4 is 0 Å². The van der Waals surface area contributed by atoms with Gasteiger partial charge in [0.1, 0.15) is 0 Å². The molecule has 1 aromatic carbocycles. The first-order valence-corrected chi connectivity index (χ1v) is 7.90. The number of nitrogens with two attached hydrogens (primary N) is 1. The van der Waals surface area contributed by atoms with Crippen molar-refractivity contribution < 1.29 is 0 Å². The van der Waals surface area contributed by atoms with Crippen LogP contribution >= 0.6 is 0 Å². The molecule has 1 aliphatic heterocycles.